The molecular formula is C30H33FN4O3. The van der Waals surface area contributed by atoms with Gasteiger partial charge in [-0.1, -0.05) is 0 Å². The van der Waals surface area contributed by atoms with Crippen LogP contribution in [0.4, 0.5) is 4.39 Å². The minimum atomic E-state index is -0.444. The molecule has 0 saturated carbocycles. The van der Waals surface area contributed by atoms with Crippen LogP contribution in [0.25, 0.3) is 21.8 Å². The van der Waals surface area contributed by atoms with E-state index >= 15 is 0 Å². The van der Waals surface area contributed by atoms with E-state index in [0.29, 0.717) is 12.5 Å². The Morgan fingerprint density at radius 3 is 2.37 bits per heavy atom. The quantitative estimate of drug-likeness (QED) is 0.246. The van der Waals surface area contributed by atoms with Gasteiger partial charge in [0, 0.05) is 47.2 Å². The van der Waals surface area contributed by atoms with Crippen molar-refractivity contribution in [2.45, 2.75) is 43.9 Å². The fraction of sp³-hybridized carbons (Fsp3) is 0.400. The van der Waals surface area contributed by atoms with Gasteiger partial charge in [-0.25, -0.2) is 4.39 Å². The first kappa shape index (κ1) is 24.7. The zero-order valence-electron chi connectivity index (χ0n) is 21.6. The zero-order valence-corrected chi connectivity index (χ0v) is 21.6. The van der Waals surface area contributed by atoms with Crippen LogP contribution in [0.3, 0.4) is 0 Å². The highest BCUT2D eigenvalue weighted by molar-refractivity contribution is 6.08. The number of aromatic amines is 2. The normalized spacial score (nSPS) is 19.3. The first-order valence-electron chi connectivity index (χ1n) is 13.5. The van der Waals surface area contributed by atoms with E-state index in [-0.39, 0.29) is 24.1 Å². The summed E-state index contributed by atoms with van der Waals surface area (Å²) in [7, 11) is 1.62. The number of H-pyrrole nitrogens is 2. The first-order chi connectivity index (χ1) is 18.5. The van der Waals surface area contributed by atoms with Crippen LogP contribution in [-0.2, 0) is 9.59 Å². The van der Waals surface area contributed by atoms with Crippen LogP contribution in [0.5, 0.6) is 5.75 Å². The second kappa shape index (κ2) is 10.3. The number of imide groups is 1. The van der Waals surface area contributed by atoms with Gasteiger partial charge in [0.25, 0.3) is 0 Å². The number of unbranched alkanes of at least 4 members (excludes halogenated alkanes) is 1. The molecule has 6 rings (SSSR count). The van der Waals surface area contributed by atoms with Crippen LogP contribution in [0, 0.1) is 5.82 Å². The predicted octanol–water partition coefficient (Wildman–Crippen LogP) is 5.30. The zero-order chi connectivity index (χ0) is 26.2. The Labute approximate surface area is 220 Å². The molecule has 2 aliphatic rings. The molecule has 2 aromatic heterocycles. The highest BCUT2D eigenvalue weighted by Crippen LogP contribution is 2.36. The lowest BCUT2D eigenvalue weighted by Gasteiger charge is -2.32. The Bertz CT molecular complexity index is 1480. The van der Waals surface area contributed by atoms with Crippen LogP contribution in [0.15, 0.2) is 48.8 Å². The van der Waals surface area contributed by atoms with Crippen LogP contribution < -0.4 is 4.74 Å². The molecule has 8 heteroatoms. The average molecular weight is 517 g/mol. The molecule has 38 heavy (non-hydrogen) atoms. The highest BCUT2D eigenvalue weighted by atomic mass is 19.1. The number of benzene rings is 2. The third kappa shape index (κ3) is 4.58. The Morgan fingerprint density at radius 1 is 0.921 bits per heavy atom. The second-order valence-corrected chi connectivity index (χ2v) is 10.6. The fourth-order valence-corrected chi connectivity index (χ4v) is 6.22. The van der Waals surface area contributed by atoms with Gasteiger partial charge in [-0.3, -0.25) is 14.5 Å². The number of carbonyl (C=O) groups excluding carboxylic acids is 2. The molecule has 2 aliphatic heterocycles. The van der Waals surface area contributed by atoms with Crippen molar-refractivity contribution in [2.24, 2.45) is 0 Å². The molecule has 0 spiro atoms. The fourth-order valence-electron chi connectivity index (χ4n) is 6.22. The molecular weight excluding hydrogens is 483 g/mol. The number of methoxy groups -OCH3 is 1. The summed E-state index contributed by atoms with van der Waals surface area (Å²) in [5, 5.41) is 1.92. The summed E-state index contributed by atoms with van der Waals surface area (Å²) in [5.41, 5.74) is 4.00. The van der Waals surface area contributed by atoms with Crippen molar-refractivity contribution >= 4 is 33.6 Å². The lowest BCUT2D eigenvalue weighted by Crippen LogP contribution is -2.35. The van der Waals surface area contributed by atoms with Gasteiger partial charge in [-0.15, -0.1) is 0 Å². The van der Waals surface area contributed by atoms with Gasteiger partial charge in [-0.2, -0.15) is 0 Å². The summed E-state index contributed by atoms with van der Waals surface area (Å²) < 4.78 is 19.1. The monoisotopic (exact) mass is 516 g/mol. The third-order valence-corrected chi connectivity index (χ3v) is 8.35. The number of fused-ring (bicyclic) bond motifs is 2. The second-order valence-electron chi connectivity index (χ2n) is 10.6. The summed E-state index contributed by atoms with van der Waals surface area (Å²) in [6.45, 7) is 3.43. The van der Waals surface area contributed by atoms with Gasteiger partial charge in [0.15, 0.2) is 0 Å². The van der Waals surface area contributed by atoms with Crippen molar-refractivity contribution < 1.29 is 18.7 Å². The summed E-state index contributed by atoms with van der Waals surface area (Å²) in [6, 6.07) is 10.7. The van der Waals surface area contributed by atoms with Gasteiger partial charge < -0.3 is 19.6 Å². The van der Waals surface area contributed by atoms with Crippen LogP contribution in [0.2, 0.25) is 0 Å². The van der Waals surface area contributed by atoms with Crippen molar-refractivity contribution in [1.82, 2.24) is 19.8 Å². The predicted molar refractivity (Wildman–Crippen MR) is 145 cm³/mol. The summed E-state index contributed by atoms with van der Waals surface area (Å²) in [6.07, 6.45) is 7.93. The number of nitrogens with one attached hydrogen (secondary N) is 2. The minimum absolute atomic E-state index is 0.0896. The molecule has 0 aliphatic carbocycles. The topological polar surface area (TPSA) is 81.4 Å². The Kier molecular flexibility index (Phi) is 6.66. The maximum Gasteiger partial charge on any atom is 0.237 e. The number of likely N-dealkylation sites (tertiary alicyclic amines) is 2. The summed E-state index contributed by atoms with van der Waals surface area (Å²) >= 11 is 0. The van der Waals surface area contributed by atoms with E-state index in [1.807, 2.05) is 30.6 Å². The Morgan fingerprint density at radius 2 is 1.61 bits per heavy atom. The SMILES string of the molecule is COc1ccc2[nH]cc(C3CC(=O)N(CCCCN4CCC(c5c[nH]c6ccc(F)cc56)CC4)C3=O)c2c1. The van der Waals surface area contributed by atoms with Gasteiger partial charge in [0.05, 0.1) is 13.0 Å². The standard InChI is InChI=1S/C30H33FN4O3/c1-38-21-5-7-28-23(15-21)26(18-33-28)24-16-29(36)35(30(24)37)11-3-2-10-34-12-8-19(9-13-34)25-17-32-27-6-4-20(31)14-22(25)27/h4-7,14-15,17-19,24,32-33H,2-3,8-13,16H2,1H3. The molecule has 2 N–H and O–H groups in total. The molecule has 2 fully saturated rings. The number of amides is 2. The number of aromatic nitrogens is 2. The van der Waals surface area contributed by atoms with Crippen molar-refractivity contribution in [1.29, 1.82) is 0 Å². The van der Waals surface area contributed by atoms with E-state index in [1.54, 1.807) is 19.2 Å². The van der Waals surface area contributed by atoms with E-state index in [4.69, 9.17) is 4.74 Å². The van der Waals surface area contributed by atoms with Crippen molar-refractivity contribution in [2.75, 3.05) is 33.3 Å². The van der Waals surface area contributed by atoms with Crippen molar-refractivity contribution in [3.05, 3.63) is 65.7 Å². The van der Waals surface area contributed by atoms with Gasteiger partial charge >= 0.3 is 0 Å². The number of ether oxygens (including phenoxy) is 1. The summed E-state index contributed by atoms with van der Waals surface area (Å²) in [4.78, 5) is 36.3. The maximum absolute atomic E-state index is 13.8. The largest absolute Gasteiger partial charge is 0.497 e. The number of rotatable bonds is 8. The van der Waals surface area contributed by atoms with Gasteiger partial charge in [0.1, 0.15) is 11.6 Å². The van der Waals surface area contributed by atoms with E-state index < -0.39 is 5.92 Å². The molecule has 0 radical (unpaired) electrons. The maximum atomic E-state index is 13.8. The number of halogens is 1. The number of hydrogen-bond donors (Lipinski definition) is 2. The van der Waals surface area contributed by atoms with Crippen molar-refractivity contribution in [3.63, 3.8) is 0 Å². The summed E-state index contributed by atoms with van der Waals surface area (Å²) in [5.74, 6) is 0.330. The molecule has 2 saturated heterocycles. The Balaban J connectivity index is 0.995. The molecule has 0 bridgehead atoms. The van der Waals surface area contributed by atoms with Crippen LogP contribution in [0.1, 0.15) is 55.1 Å². The van der Waals surface area contributed by atoms with Crippen LogP contribution >= 0.6 is 0 Å². The number of piperidine rings is 1. The number of hydrogen-bond acceptors (Lipinski definition) is 4. The lowest BCUT2D eigenvalue weighted by molar-refractivity contribution is -0.138. The van der Waals surface area contributed by atoms with Crippen molar-refractivity contribution in [3.8, 4) is 5.75 Å². The molecule has 7 nitrogen and oxygen atoms in total. The molecule has 2 aromatic carbocycles. The molecule has 198 valence electrons. The number of nitrogens with zero attached hydrogens (tertiary/aromatic N) is 2. The molecule has 4 aromatic rings. The Hall–Kier alpha value is -3.65. The van der Waals surface area contributed by atoms with Gasteiger partial charge in [0.2, 0.25) is 11.8 Å². The molecule has 1 unspecified atom stereocenters. The molecule has 4 heterocycles. The minimum Gasteiger partial charge on any atom is -0.497 e. The first-order valence-corrected chi connectivity index (χ1v) is 13.5. The average Bonchev–Trinajstić information content (AvgIpc) is 3.62. The lowest BCUT2D eigenvalue weighted by atomic mass is 9.89. The van der Waals surface area contributed by atoms with Crippen LogP contribution in [-0.4, -0.2) is 64.9 Å². The highest BCUT2D eigenvalue weighted by Gasteiger charge is 2.40. The smallest absolute Gasteiger partial charge is 0.237 e. The van der Waals surface area contributed by atoms with E-state index in [0.717, 1.165) is 78.4 Å². The molecule has 2 amide bonds. The van der Waals surface area contributed by atoms with E-state index in [2.05, 4.69) is 14.9 Å². The van der Waals surface area contributed by atoms with E-state index in [9.17, 15) is 14.0 Å². The number of carbonyl (C=O) groups is 2. The third-order valence-electron chi connectivity index (χ3n) is 8.35. The van der Waals surface area contributed by atoms with Gasteiger partial charge in [-0.05, 0) is 98.8 Å². The molecule has 1 atom stereocenters. The van der Waals surface area contributed by atoms with E-state index in [1.165, 1.54) is 16.5 Å².